The van der Waals surface area contributed by atoms with Crippen LogP contribution < -0.4 is 5.01 Å². The number of esters is 1. The summed E-state index contributed by atoms with van der Waals surface area (Å²) in [6, 6.07) is 9.01. The monoisotopic (exact) mass is 347 g/mol. The maximum atomic E-state index is 13.0. The van der Waals surface area contributed by atoms with Gasteiger partial charge in [0.05, 0.1) is 12.3 Å². The predicted octanol–water partition coefficient (Wildman–Crippen LogP) is 1.76. The Morgan fingerprint density at radius 3 is 2.62 bits per heavy atom. The molecule has 0 unspecified atom stereocenters. The number of amides is 1. The number of para-hydroxylation sites is 1. The molecule has 3 rings (SSSR count). The van der Waals surface area contributed by atoms with Crippen LogP contribution in [-0.2, 0) is 14.3 Å². The Morgan fingerprint density at radius 2 is 1.96 bits per heavy atom. The van der Waals surface area contributed by atoms with Crippen LogP contribution in [-0.4, -0.2) is 59.7 Å². The fourth-order valence-corrected chi connectivity index (χ4v) is 3.76. The normalized spacial score (nSPS) is 20.7. The molecule has 24 heavy (non-hydrogen) atoms. The third-order valence-electron chi connectivity index (χ3n) is 4.05. The molecule has 6 nitrogen and oxygen atoms in total. The van der Waals surface area contributed by atoms with Gasteiger partial charge < -0.3 is 9.64 Å². The molecule has 2 aliphatic heterocycles. The number of rotatable bonds is 4. The van der Waals surface area contributed by atoms with E-state index in [0.717, 1.165) is 30.3 Å². The van der Waals surface area contributed by atoms with E-state index in [1.165, 1.54) is 0 Å². The molecule has 0 aromatic heterocycles. The van der Waals surface area contributed by atoms with Gasteiger partial charge in [0, 0.05) is 31.0 Å². The first-order chi connectivity index (χ1) is 11.7. The number of hydrazone groups is 1. The zero-order valence-corrected chi connectivity index (χ0v) is 14.5. The highest BCUT2D eigenvalue weighted by Crippen LogP contribution is 2.26. The van der Waals surface area contributed by atoms with Gasteiger partial charge in [-0.25, -0.2) is 4.79 Å². The lowest BCUT2D eigenvalue weighted by Crippen LogP contribution is -2.48. The Labute approximate surface area is 145 Å². The predicted molar refractivity (Wildman–Crippen MR) is 95.3 cm³/mol. The molecule has 128 valence electrons. The van der Waals surface area contributed by atoms with Gasteiger partial charge in [0.15, 0.2) is 0 Å². The summed E-state index contributed by atoms with van der Waals surface area (Å²) in [5.74, 6) is 1.50. The molecule has 7 heteroatoms. The summed E-state index contributed by atoms with van der Waals surface area (Å²) < 4.78 is 5.06. The maximum absolute atomic E-state index is 13.0. The van der Waals surface area contributed by atoms with E-state index in [9.17, 15) is 9.59 Å². The minimum Gasteiger partial charge on any atom is -0.461 e. The number of hydrogen-bond acceptors (Lipinski definition) is 6. The van der Waals surface area contributed by atoms with Gasteiger partial charge in [-0.15, -0.1) is 0 Å². The first-order valence-corrected chi connectivity index (χ1v) is 9.31. The van der Waals surface area contributed by atoms with Crippen LogP contribution in [0.3, 0.4) is 0 Å². The second-order valence-electron chi connectivity index (χ2n) is 5.60. The Bertz CT molecular complexity index is 629. The first kappa shape index (κ1) is 16.8. The number of thioether (sulfide) groups is 1. The van der Waals surface area contributed by atoms with Crippen molar-refractivity contribution < 1.29 is 14.3 Å². The van der Waals surface area contributed by atoms with Crippen LogP contribution in [0.25, 0.3) is 0 Å². The molecular weight excluding hydrogens is 326 g/mol. The zero-order chi connectivity index (χ0) is 16.9. The Balaban J connectivity index is 1.83. The molecule has 1 atom stereocenters. The van der Waals surface area contributed by atoms with Gasteiger partial charge in [0.2, 0.25) is 5.91 Å². The van der Waals surface area contributed by atoms with Crippen molar-refractivity contribution in [1.29, 1.82) is 0 Å². The second-order valence-corrected chi connectivity index (χ2v) is 6.83. The lowest BCUT2D eigenvalue weighted by Gasteiger charge is -2.31. The summed E-state index contributed by atoms with van der Waals surface area (Å²) in [7, 11) is 0. The van der Waals surface area contributed by atoms with Crippen molar-refractivity contribution in [2.24, 2.45) is 5.10 Å². The molecule has 1 saturated heterocycles. The van der Waals surface area contributed by atoms with Gasteiger partial charge in [0.1, 0.15) is 11.8 Å². The highest BCUT2D eigenvalue weighted by molar-refractivity contribution is 7.99. The minimum absolute atomic E-state index is 0.0298. The third kappa shape index (κ3) is 3.56. The summed E-state index contributed by atoms with van der Waals surface area (Å²) in [5.41, 5.74) is 1.12. The van der Waals surface area contributed by atoms with Gasteiger partial charge in [-0.05, 0) is 19.1 Å². The van der Waals surface area contributed by atoms with Crippen LogP contribution in [0.2, 0.25) is 0 Å². The van der Waals surface area contributed by atoms with Crippen molar-refractivity contribution in [2.75, 3.05) is 36.2 Å². The Morgan fingerprint density at radius 1 is 1.25 bits per heavy atom. The van der Waals surface area contributed by atoms with E-state index in [4.69, 9.17) is 4.74 Å². The van der Waals surface area contributed by atoms with E-state index >= 15 is 0 Å². The molecule has 2 heterocycles. The van der Waals surface area contributed by atoms with E-state index in [2.05, 4.69) is 5.10 Å². The van der Waals surface area contributed by atoms with Gasteiger partial charge in [0.25, 0.3) is 0 Å². The van der Waals surface area contributed by atoms with Crippen molar-refractivity contribution in [1.82, 2.24) is 4.90 Å². The third-order valence-corrected chi connectivity index (χ3v) is 4.99. The SMILES string of the molecule is CCOC(=O)C1=NN(c2ccccc2)[C@H](C(=O)N2CCSCC2)C1. The summed E-state index contributed by atoms with van der Waals surface area (Å²) in [5, 5.41) is 6.06. The lowest BCUT2D eigenvalue weighted by molar-refractivity contribution is -0.135. The number of anilines is 1. The molecule has 0 bridgehead atoms. The Hall–Kier alpha value is -2.02. The van der Waals surface area contributed by atoms with E-state index in [0.29, 0.717) is 12.3 Å². The Kier molecular flexibility index (Phi) is 5.40. The van der Waals surface area contributed by atoms with Gasteiger partial charge in [-0.2, -0.15) is 16.9 Å². The number of ether oxygens (including phenoxy) is 1. The fourth-order valence-electron chi connectivity index (χ4n) is 2.85. The van der Waals surface area contributed by atoms with Crippen molar-refractivity contribution in [3.05, 3.63) is 30.3 Å². The maximum Gasteiger partial charge on any atom is 0.354 e. The number of nitrogens with zero attached hydrogens (tertiary/aromatic N) is 3. The van der Waals surface area contributed by atoms with Crippen LogP contribution in [0.5, 0.6) is 0 Å². The minimum atomic E-state index is -0.477. The lowest BCUT2D eigenvalue weighted by atomic mass is 10.1. The van der Waals surface area contributed by atoms with Crippen molar-refractivity contribution in [3.8, 4) is 0 Å². The van der Waals surface area contributed by atoms with Crippen molar-refractivity contribution in [3.63, 3.8) is 0 Å². The number of carbonyl (C=O) groups excluding carboxylic acids is 2. The smallest absolute Gasteiger partial charge is 0.354 e. The molecule has 0 spiro atoms. The molecular formula is C17H21N3O3S. The standard InChI is InChI=1S/C17H21N3O3S/c1-2-23-17(22)14-12-15(16(21)19-8-10-24-11-9-19)20(18-14)13-6-4-3-5-7-13/h3-7,15H,2,8-12H2,1H3/t15-/m0/s1. The molecule has 2 aliphatic rings. The number of carbonyl (C=O) groups is 2. The quantitative estimate of drug-likeness (QED) is 0.777. The molecule has 1 amide bonds. The first-order valence-electron chi connectivity index (χ1n) is 8.16. The summed E-state index contributed by atoms with van der Waals surface area (Å²) in [6.07, 6.45) is 0.288. The molecule has 1 aromatic carbocycles. The van der Waals surface area contributed by atoms with E-state index in [-0.39, 0.29) is 12.3 Å². The van der Waals surface area contributed by atoms with E-state index in [1.54, 1.807) is 11.9 Å². The number of hydrogen-bond donors (Lipinski definition) is 0. The van der Waals surface area contributed by atoms with Gasteiger partial charge in [-0.3, -0.25) is 9.80 Å². The van der Waals surface area contributed by atoms with Crippen LogP contribution >= 0.6 is 11.8 Å². The van der Waals surface area contributed by atoms with Crippen molar-refractivity contribution >= 4 is 35.0 Å². The van der Waals surface area contributed by atoms with Gasteiger partial charge in [-0.1, -0.05) is 18.2 Å². The van der Waals surface area contributed by atoms with Crippen LogP contribution in [0.15, 0.2) is 35.4 Å². The van der Waals surface area contributed by atoms with Crippen LogP contribution in [0, 0.1) is 0 Å². The average Bonchev–Trinajstić information content (AvgIpc) is 3.08. The average molecular weight is 347 g/mol. The fraction of sp³-hybridized carbons (Fsp3) is 0.471. The highest BCUT2D eigenvalue weighted by atomic mass is 32.2. The highest BCUT2D eigenvalue weighted by Gasteiger charge is 2.39. The summed E-state index contributed by atoms with van der Waals surface area (Å²) in [6.45, 7) is 3.55. The second kappa shape index (κ2) is 7.70. The zero-order valence-electron chi connectivity index (χ0n) is 13.7. The molecule has 1 fully saturated rings. The molecule has 0 radical (unpaired) electrons. The van der Waals surface area contributed by atoms with Crippen LogP contribution in [0.1, 0.15) is 13.3 Å². The van der Waals surface area contributed by atoms with Crippen molar-refractivity contribution in [2.45, 2.75) is 19.4 Å². The molecule has 0 N–H and O–H groups in total. The molecule has 0 aliphatic carbocycles. The molecule has 0 saturated carbocycles. The largest absolute Gasteiger partial charge is 0.461 e. The summed E-state index contributed by atoms with van der Waals surface area (Å²) >= 11 is 1.86. The van der Waals surface area contributed by atoms with E-state index in [1.807, 2.05) is 47.0 Å². The number of benzene rings is 1. The van der Waals surface area contributed by atoms with E-state index < -0.39 is 12.0 Å². The molecule has 1 aromatic rings. The summed E-state index contributed by atoms with van der Waals surface area (Å²) in [4.78, 5) is 26.9. The topological polar surface area (TPSA) is 62.2 Å². The van der Waals surface area contributed by atoms with Crippen LogP contribution in [0.4, 0.5) is 5.69 Å². The van der Waals surface area contributed by atoms with Gasteiger partial charge >= 0.3 is 5.97 Å².